The smallest absolute Gasteiger partial charge is 0.157 e. The van der Waals surface area contributed by atoms with Crippen LogP contribution in [0.15, 0.2) is 0 Å². The molecule has 0 aliphatic heterocycles. The average molecular weight is 206 g/mol. The van der Waals surface area contributed by atoms with E-state index in [0.717, 1.165) is 6.42 Å². The van der Waals surface area contributed by atoms with Crippen molar-refractivity contribution in [2.45, 2.75) is 33.0 Å². The van der Waals surface area contributed by atoms with Crippen LogP contribution in [0, 0.1) is 5.92 Å². The third kappa shape index (κ3) is 6.32. The van der Waals surface area contributed by atoms with E-state index < -0.39 is 0 Å². The molecule has 0 aromatic rings. The second-order valence-electron chi connectivity index (χ2n) is 3.15. The van der Waals surface area contributed by atoms with Gasteiger partial charge in [0.05, 0.1) is 0 Å². The van der Waals surface area contributed by atoms with E-state index in [9.17, 15) is 0 Å². The highest BCUT2D eigenvalue weighted by atomic mass is 16.7. The number of aliphatic hydroxyl groups is 2. The Labute approximate surface area is 85.8 Å². The maximum absolute atomic E-state index is 8.86. The summed E-state index contributed by atoms with van der Waals surface area (Å²) in [6.45, 7) is 5.10. The summed E-state index contributed by atoms with van der Waals surface area (Å²) in [5.74, 6) is -0.0570. The number of hydrogen-bond donors (Lipinski definition) is 2. The summed E-state index contributed by atoms with van der Waals surface area (Å²) in [5, 5.41) is 17.7. The molecule has 0 aliphatic carbocycles. The van der Waals surface area contributed by atoms with Crippen LogP contribution >= 0.6 is 0 Å². The van der Waals surface area contributed by atoms with Crippen LogP contribution in [0.2, 0.25) is 0 Å². The minimum Gasteiger partial charge on any atom is -0.396 e. The third-order valence-corrected chi connectivity index (χ3v) is 2.03. The number of ether oxygens (including phenoxy) is 2. The van der Waals surface area contributed by atoms with E-state index in [4.69, 9.17) is 19.7 Å². The lowest BCUT2D eigenvalue weighted by Crippen LogP contribution is -2.20. The standard InChI is InChI=1S/C10H22O4/c1-3-13-10(14-4-2)6-5-9(7-11)8-12/h9-12H,3-8H2,1-2H3. The van der Waals surface area contributed by atoms with Crippen molar-refractivity contribution in [3.8, 4) is 0 Å². The Morgan fingerprint density at radius 1 is 0.929 bits per heavy atom. The first kappa shape index (κ1) is 13.8. The van der Waals surface area contributed by atoms with Gasteiger partial charge in [0.1, 0.15) is 0 Å². The van der Waals surface area contributed by atoms with Gasteiger partial charge in [-0.25, -0.2) is 0 Å². The monoisotopic (exact) mass is 206 g/mol. The van der Waals surface area contributed by atoms with E-state index in [1.165, 1.54) is 0 Å². The van der Waals surface area contributed by atoms with Crippen molar-refractivity contribution in [2.75, 3.05) is 26.4 Å². The largest absolute Gasteiger partial charge is 0.396 e. The van der Waals surface area contributed by atoms with E-state index >= 15 is 0 Å². The van der Waals surface area contributed by atoms with Crippen molar-refractivity contribution in [1.82, 2.24) is 0 Å². The first-order valence-corrected chi connectivity index (χ1v) is 5.23. The van der Waals surface area contributed by atoms with E-state index in [1.54, 1.807) is 0 Å². The molecule has 0 bridgehead atoms. The van der Waals surface area contributed by atoms with Crippen LogP contribution in [0.3, 0.4) is 0 Å². The van der Waals surface area contributed by atoms with Gasteiger partial charge in [-0.15, -0.1) is 0 Å². The summed E-state index contributed by atoms with van der Waals surface area (Å²) in [7, 11) is 0. The van der Waals surface area contributed by atoms with E-state index in [1.807, 2.05) is 13.8 Å². The van der Waals surface area contributed by atoms with Gasteiger partial charge in [0.15, 0.2) is 6.29 Å². The van der Waals surface area contributed by atoms with E-state index in [0.29, 0.717) is 19.6 Å². The molecule has 0 aromatic carbocycles. The summed E-state index contributed by atoms with van der Waals surface area (Å²) in [4.78, 5) is 0. The molecular weight excluding hydrogens is 184 g/mol. The highest BCUT2D eigenvalue weighted by molar-refractivity contribution is 4.57. The van der Waals surface area contributed by atoms with Crippen LogP contribution in [0.1, 0.15) is 26.7 Å². The fourth-order valence-corrected chi connectivity index (χ4v) is 1.20. The van der Waals surface area contributed by atoms with Gasteiger partial charge in [-0.1, -0.05) is 0 Å². The molecule has 0 fully saturated rings. The van der Waals surface area contributed by atoms with Crippen molar-refractivity contribution in [2.24, 2.45) is 5.92 Å². The molecule has 0 unspecified atom stereocenters. The predicted octanol–water partition coefficient (Wildman–Crippen LogP) is 0.766. The molecule has 86 valence electrons. The molecule has 4 heteroatoms. The Bertz CT molecular complexity index is 109. The normalized spacial score (nSPS) is 11.6. The molecule has 0 aliphatic rings. The summed E-state index contributed by atoms with van der Waals surface area (Å²) in [6, 6.07) is 0. The van der Waals surface area contributed by atoms with Gasteiger partial charge in [-0.2, -0.15) is 0 Å². The molecule has 0 heterocycles. The molecule has 0 atom stereocenters. The number of aliphatic hydroxyl groups excluding tert-OH is 2. The van der Waals surface area contributed by atoms with Crippen molar-refractivity contribution in [3.05, 3.63) is 0 Å². The Morgan fingerprint density at radius 3 is 1.79 bits per heavy atom. The zero-order chi connectivity index (χ0) is 10.8. The molecule has 0 saturated heterocycles. The minimum absolute atomic E-state index is 0.0153. The van der Waals surface area contributed by atoms with E-state index in [2.05, 4.69) is 0 Å². The molecule has 0 amide bonds. The van der Waals surface area contributed by atoms with Gasteiger partial charge >= 0.3 is 0 Å². The fraction of sp³-hybridized carbons (Fsp3) is 1.00. The van der Waals surface area contributed by atoms with Crippen molar-refractivity contribution >= 4 is 0 Å². The molecule has 0 rings (SSSR count). The van der Waals surface area contributed by atoms with Gasteiger partial charge in [0.25, 0.3) is 0 Å². The van der Waals surface area contributed by atoms with Crippen molar-refractivity contribution in [3.63, 3.8) is 0 Å². The second kappa shape index (κ2) is 9.40. The minimum atomic E-state index is -0.203. The SMILES string of the molecule is CCOC(CCC(CO)CO)OCC. The first-order chi connectivity index (χ1) is 6.78. The maximum atomic E-state index is 8.86. The van der Waals surface area contributed by atoms with Crippen LogP contribution < -0.4 is 0 Å². The fourth-order valence-electron chi connectivity index (χ4n) is 1.20. The lowest BCUT2D eigenvalue weighted by atomic mass is 10.1. The Kier molecular flexibility index (Phi) is 9.29. The maximum Gasteiger partial charge on any atom is 0.157 e. The molecule has 14 heavy (non-hydrogen) atoms. The Hall–Kier alpha value is -0.160. The quantitative estimate of drug-likeness (QED) is 0.547. The predicted molar refractivity (Wildman–Crippen MR) is 53.9 cm³/mol. The van der Waals surface area contributed by atoms with Crippen LogP contribution in [0.25, 0.3) is 0 Å². The van der Waals surface area contributed by atoms with Crippen molar-refractivity contribution in [1.29, 1.82) is 0 Å². The first-order valence-electron chi connectivity index (χ1n) is 5.23. The zero-order valence-corrected chi connectivity index (χ0v) is 9.11. The average Bonchev–Trinajstić information content (AvgIpc) is 2.20. The summed E-state index contributed by atoms with van der Waals surface area (Å²) in [6.07, 6.45) is 1.23. The number of rotatable bonds is 9. The van der Waals surface area contributed by atoms with Gasteiger partial charge in [0, 0.05) is 32.3 Å². The van der Waals surface area contributed by atoms with Crippen LogP contribution in [0.4, 0.5) is 0 Å². The lowest BCUT2D eigenvalue weighted by molar-refractivity contribution is -0.142. The van der Waals surface area contributed by atoms with E-state index in [-0.39, 0.29) is 25.4 Å². The zero-order valence-electron chi connectivity index (χ0n) is 9.11. The summed E-state index contributed by atoms with van der Waals surface area (Å²) >= 11 is 0. The van der Waals surface area contributed by atoms with Gasteiger partial charge in [-0.3, -0.25) is 0 Å². The second-order valence-corrected chi connectivity index (χ2v) is 3.15. The Morgan fingerprint density at radius 2 is 1.43 bits per heavy atom. The number of hydrogen-bond acceptors (Lipinski definition) is 4. The highest BCUT2D eigenvalue weighted by Crippen LogP contribution is 2.11. The molecule has 0 aromatic heterocycles. The molecule has 2 N–H and O–H groups in total. The van der Waals surface area contributed by atoms with Gasteiger partial charge in [-0.05, 0) is 26.7 Å². The van der Waals surface area contributed by atoms with Crippen LogP contribution in [0.5, 0.6) is 0 Å². The molecule has 0 radical (unpaired) electrons. The summed E-state index contributed by atoms with van der Waals surface area (Å²) in [5.41, 5.74) is 0. The topological polar surface area (TPSA) is 58.9 Å². The molecule has 0 spiro atoms. The Balaban J connectivity index is 3.67. The van der Waals surface area contributed by atoms with Gasteiger partial charge < -0.3 is 19.7 Å². The molecular formula is C10H22O4. The summed E-state index contributed by atoms with van der Waals surface area (Å²) < 4.78 is 10.7. The lowest BCUT2D eigenvalue weighted by Gasteiger charge is -2.18. The van der Waals surface area contributed by atoms with Crippen LogP contribution in [-0.2, 0) is 9.47 Å². The molecule has 0 saturated carbocycles. The van der Waals surface area contributed by atoms with Crippen LogP contribution in [-0.4, -0.2) is 42.9 Å². The van der Waals surface area contributed by atoms with Gasteiger partial charge in [0.2, 0.25) is 0 Å². The van der Waals surface area contributed by atoms with Crippen molar-refractivity contribution < 1.29 is 19.7 Å². The third-order valence-electron chi connectivity index (χ3n) is 2.03. The molecule has 4 nitrogen and oxygen atoms in total. The highest BCUT2D eigenvalue weighted by Gasteiger charge is 2.12.